The maximum absolute atomic E-state index is 6.20. The quantitative estimate of drug-likeness (QED) is 0.802. The summed E-state index contributed by atoms with van der Waals surface area (Å²) in [6.45, 7) is 3.14. The molecule has 2 nitrogen and oxygen atoms in total. The molecular formula is C15H32N2S. The van der Waals surface area contributed by atoms with Crippen molar-refractivity contribution in [2.24, 2.45) is 5.73 Å². The predicted molar refractivity (Wildman–Crippen MR) is 84.3 cm³/mol. The van der Waals surface area contributed by atoms with E-state index in [0.717, 1.165) is 6.54 Å². The van der Waals surface area contributed by atoms with Gasteiger partial charge in [-0.3, -0.25) is 4.90 Å². The molecule has 0 aromatic heterocycles. The van der Waals surface area contributed by atoms with Crippen LogP contribution in [0.15, 0.2) is 0 Å². The first-order chi connectivity index (χ1) is 8.70. The summed E-state index contributed by atoms with van der Waals surface area (Å²) in [6.07, 6.45) is 13.0. The molecule has 0 spiro atoms. The Hall–Kier alpha value is 0.270. The third kappa shape index (κ3) is 4.14. The van der Waals surface area contributed by atoms with Gasteiger partial charge in [-0.25, -0.2) is 0 Å². The van der Waals surface area contributed by atoms with Crippen molar-refractivity contribution in [3.05, 3.63) is 0 Å². The maximum Gasteiger partial charge on any atom is 0.0331 e. The third-order valence-electron chi connectivity index (χ3n) is 4.79. The molecule has 0 aliphatic heterocycles. The number of rotatable bonds is 6. The summed E-state index contributed by atoms with van der Waals surface area (Å²) in [5.74, 6) is 1.23. The largest absolute Gasteiger partial charge is 0.329 e. The average molecular weight is 273 g/mol. The van der Waals surface area contributed by atoms with Gasteiger partial charge in [0.15, 0.2) is 0 Å². The minimum atomic E-state index is 0.275. The highest BCUT2D eigenvalue weighted by atomic mass is 32.2. The summed E-state index contributed by atoms with van der Waals surface area (Å²) >= 11 is 1.96. The van der Waals surface area contributed by atoms with Gasteiger partial charge in [-0.2, -0.15) is 11.8 Å². The van der Waals surface area contributed by atoms with Crippen molar-refractivity contribution >= 4 is 11.8 Å². The molecule has 1 aliphatic rings. The molecule has 3 heteroatoms. The van der Waals surface area contributed by atoms with Crippen molar-refractivity contribution in [2.45, 2.75) is 69.9 Å². The van der Waals surface area contributed by atoms with Crippen LogP contribution in [0.25, 0.3) is 0 Å². The monoisotopic (exact) mass is 272 g/mol. The smallest absolute Gasteiger partial charge is 0.0331 e. The van der Waals surface area contributed by atoms with E-state index in [1.165, 1.54) is 57.1 Å². The lowest BCUT2D eigenvalue weighted by Gasteiger charge is -2.46. The van der Waals surface area contributed by atoms with Gasteiger partial charge in [0.2, 0.25) is 0 Å². The zero-order valence-corrected chi connectivity index (χ0v) is 13.4. The Kier molecular flexibility index (Phi) is 7.66. The maximum atomic E-state index is 6.20. The van der Waals surface area contributed by atoms with E-state index in [4.69, 9.17) is 5.73 Å². The molecule has 1 rings (SSSR count). The van der Waals surface area contributed by atoms with Crippen LogP contribution in [0, 0.1) is 0 Å². The number of thioether (sulfide) groups is 1. The van der Waals surface area contributed by atoms with Crippen LogP contribution in [0.3, 0.4) is 0 Å². The van der Waals surface area contributed by atoms with Gasteiger partial charge in [0.1, 0.15) is 0 Å². The number of hydrogen-bond donors (Lipinski definition) is 1. The second-order valence-corrected chi connectivity index (χ2v) is 6.74. The minimum Gasteiger partial charge on any atom is -0.329 e. The lowest BCUT2D eigenvalue weighted by atomic mass is 9.81. The third-order valence-corrected chi connectivity index (χ3v) is 5.51. The molecule has 0 aromatic carbocycles. The minimum absolute atomic E-state index is 0.275. The van der Waals surface area contributed by atoms with Gasteiger partial charge in [0, 0.05) is 23.9 Å². The molecule has 0 radical (unpaired) electrons. The Morgan fingerprint density at radius 1 is 1.17 bits per heavy atom. The average Bonchev–Trinajstić information content (AvgIpc) is 2.36. The van der Waals surface area contributed by atoms with E-state index in [-0.39, 0.29) is 5.54 Å². The van der Waals surface area contributed by atoms with E-state index in [9.17, 15) is 0 Å². The van der Waals surface area contributed by atoms with E-state index in [2.05, 4.69) is 25.1 Å². The molecule has 0 amide bonds. The van der Waals surface area contributed by atoms with Crippen LogP contribution < -0.4 is 5.73 Å². The van der Waals surface area contributed by atoms with Gasteiger partial charge < -0.3 is 5.73 Å². The van der Waals surface area contributed by atoms with Crippen LogP contribution in [0.4, 0.5) is 0 Å². The molecule has 0 heterocycles. The molecule has 1 fully saturated rings. The van der Waals surface area contributed by atoms with E-state index < -0.39 is 0 Å². The van der Waals surface area contributed by atoms with Crippen molar-refractivity contribution in [1.29, 1.82) is 0 Å². The Bertz CT molecular complexity index is 213. The van der Waals surface area contributed by atoms with Crippen molar-refractivity contribution in [1.82, 2.24) is 4.90 Å². The summed E-state index contributed by atoms with van der Waals surface area (Å²) in [5, 5.41) is 0. The van der Waals surface area contributed by atoms with Crippen molar-refractivity contribution in [3.8, 4) is 0 Å². The second-order valence-electron chi connectivity index (χ2n) is 5.82. The van der Waals surface area contributed by atoms with E-state index in [1.807, 2.05) is 11.8 Å². The van der Waals surface area contributed by atoms with Crippen LogP contribution in [0.1, 0.15) is 58.3 Å². The van der Waals surface area contributed by atoms with Crippen LogP contribution in [-0.4, -0.2) is 42.1 Å². The Labute approximate surface area is 118 Å². The zero-order chi connectivity index (χ0) is 13.4. The number of nitrogens with two attached hydrogens (primary N) is 1. The Morgan fingerprint density at radius 3 is 2.17 bits per heavy atom. The van der Waals surface area contributed by atoms with Gasteiger partial charge in [0.25, 0.3) is 0 Å². The number of nitrogens with zero attached hydrogens (tertiary/aromatic N) is 1. The normalized spacial score (nSPS) is 22.5. The summed E-state index contributed by atoms with van der Waals surface area (Å²) in [7, 11) is 2.32. The summed E-state index contributed by atoms with van der Waals surface area (Å²) in [4.78, 5) is 2.63. The van der Waals surface area contributed by atoms with Crippen molar-refractivity contribution in [2.75, 3.05) is 25.6 Å². The van der Waals surface area contributed by atoms with Gasteiger partial charge in [-0.15, -0.1) is 0 Å². The van der Waals surface area contributed by atoms with Crippen molar-refractivity contribution < 1.29 is 0 Å². The standard InChI is InChI=1S/C15H32N2S/c1-4-14(12-18-3)17(2)15(13-16)10-8-6-5-7-9-11-15/h14H,4-13,16H2,1-3H3. The van der Waals surface area contributed by atoms with E-state index >= 15 is 0 Å². The zero-order valence-electron chi connectivity index (χ0n) is 12.6. The molecule has 18 heavy (non-hydrogen) atoms. The summed E-state index contributed by atoms with van der Waals surface area (Å²) in [6, 6.07) is 0.683. The molecule has 1 saturated carbocycles. The molecule has 2 N–H and O–H groups in total. The van der Waals surface area contributed by atoms with Crippen molar-refractivity contribution in [3.63, 3.8) is 0 Å². The highest BCUT2D eigenvalue weighted by Gasteiger charge is 2.35. The molecular weight excluding hydrogens is 240 g/mol. The first kappa shape index (κ1) is 16.3. The van der Waals surface area contributed by atoms with Crippen LogP contribution >= 0.6 is 11.8 Å². The Balaban J connectivity index is 2.75. The van der Waals surface area contributed by atoms with E-state index in [1.54, 1.807) is 0 Å². The molecule has 1 atom stereocenters. The van der Waals surface area contributed by atoms with Gasteiger partial charge in [0.05, 0.1) is 0 Å². The molecule has 108 valence electrons. The Morgan fingerprint density at radius 2 is 1.72 bits per heavy atom. The number of hydrogen-bond acceptors (Lipinski definition) is 3. The molecule has 0 aromatic rings. The highest BCUT2D eigenvalue weighted by molar-refractivity contribution is 7.98. The lowest BCUT2D eigenvalue weighted by molar-refractivity contribution is 0.0591. The van der Waals surface area contributed by atoms with Crippen LogP contribution in [-0.2, 0) is 0 Å². The first-order valence-electron chi connectivity index (χ1n) is 7.62. The molecule has 0 bridgehead atoms. The van der Waals surface area contributed by atoms with Gasteiger partial charge in [-0.05, 0) is 32.6 Å². The fraction of sp³-hybridized carbons (Fsp3) is 1.00. The van der Waals surface area contributed by atoms with E-state index in [0.29, 0.717) is 6.04 Å². The van der Waals surface area contributed by atoms with Gasteiger partial charge >= 0.3 is 0 Å². The molecule has 1 unspecified atom stereocenters. The first-order valence-corrected chi connectivity index (χ1v) is 9.01. The highest BCUT2D eigenvalue weighted by Crippen LogP contribution is 2.32. The predicted octanol–water partition coefficient (Wildman–Crippen LogP) is 3.50. The topological polar surface area (TPSA) is 29.3 Å². The van der Waals surface area contributed by atoms with Crippen LogP contribution in [0.5, 0.6) is 0 Å². The molecule has 1 aliphatic carbocycles. The summed E-state index contributed by atoms with van der Waals surface area (Å²) in [5.41, 5.74) is 6.47. The molecule has 0 saturated heterocycles. The fourth-order valence-corrected chi connectivity index (χ4v) is 4.19. The number of likely N-dealkylation sites (N-methyl/N-ethyl adjacent to an activating group) is 1. The lowest BCUT2D eigenvalue weighted by Crippen LogP contribution is -2.56. The summed E-state index contributed by atoms with van der Waals surface area (Å²) < 4.78 is 0. The fourth-order valence-electron chi connectivity index (χ4n) is 3.35. The van der Waals surface area contributed by atoms with Crippen LogP contribution in [0.2, 0.25) is 0 Å². The van der Waals surface area contributed by atoms with Gasteiger partial charge in [-0.1, -0.05) is 39.0 Å². The SMILES string of the molecule is CCC(CSC)N(C)C1(CN)CCCCCCC1. The second kappa shape index (κ2) is 8.44.